The standard InChI is InChI=1S/C25H34N6O5/c1-16(2)23(24-27-28-29-31(24)15-19-5-3-8-34-19)30(6-4-7-32)14-18-11-17-12-21-22(36-10-9-35-21)13-20(17)26-25(18)33/h11-13,16,19,23,32H,3-10,14-15H2,1-2H3,(H,26,33)/t19-,23+/m0/s1. The minimum absolute atomic E-state index is 0.0553. The average Bonchev–Trinajstić information content (AvgIpc) is 3.54. The minimum atomic E-state index is -0.158. The van der Waals surface area contributed by atoms with E-state index in [0.717, 1.165) is 30.7 Å². The average molecular weight is 499 g/mol. The monoisotopic (exact) mass is 498 g/mol. The molecule has 194 valence electrons. The minimum Gasteiger partial charge on any atom is -0.486 e. The Labute approximate surface area is 209 Å². The van der Waals surface area contributed by atoms with Crippen molar-refractivity contribution in [2.45, 2.75) is 58.3 Å². The SMILES string of the molecule is CC(C)[C@H](c1nnnn1C[C@@H]1CCCO1)N(CCCO)Cc1cc2cc3c(cc2[nH]c1=O)OCCO3. The highest BCUT2D eigenvalue weighted by Gasteiger charge is 2.31. The molecule has 2 N–H and O–H groups in total. The van der Waals surface area contributed by atoms with Gasteiger partial charge in [-0.25, -0.2) is 4.68 Å². The van der Waals surface area contributed by atoms with Crippen molar-refractivity contribution in [1.82, 2.24) is 30.1 Å². The van der Waals surface area contributed by atoms with Crippen LogP contribution in [0, 0.1) is 5.92 Å². The summed E-state index contributed by atoms with van der Waals surface area (Å²) >= 11 is 0. The molecule has 0 spiro atoms. The van der Waals surface area contributed by atoms with Gasteiger partial charge in [0.15, 0.2) is 17.3 Å². The lowest BCUT2D eigenvalue weighted by Gasteiger charge is -2.33. The first kappa shape index (κ1) is 24.7. The largest absolute Gasteiger partial charge is 0.486 e. The van der Waals surface area contributed by atoms with E-state index in [1.54, 1.807) is 0 Å². The van der Waals surface area contributed by atoms with Crippen LogP contribution >= 0.6 is 0 Å². The number of nitrogens with zero attached hydrogens (tertiary/aromatic N) is 5. The lowest BCUT2D eigenvalue weighted by molar-refractivity contribution is 0.0851. The van der Waals surface area contributed by atoms with Gasteiger partial charge in [-0.1, -0.05) is 13.8 Å². The Kier molecular flexibility index (Phi) is 7.49. The Balaban J connectivity index is 1.47. The second kappa shape index (κ2) is 10.9. The van der Waals surface area contributed by atoms with Gasteiger partial charge in [0.2, 0.25) is 0 Å². The Hall–Kier alpha value is -3.02. The number of rotatable bonds is 10. The number of hydrogen-bond acceptors (Lipinski definition) is 9. The quantitative estimate of drug-likeness (QED) is 0.432. The smallest absolute Gasteiger partial charge is 0.252 e. The summed E-state index contributed by atoms with van der Waals surface area (Å²) in [5, 5.41) is 23.1. The van der Waals surface area contributed by atoms with E-state index in [-0.39, 0.29) is 30.2 Å². The fraction of sp³-hybridized carbons (Fsp3) is 0.600. The topological polar surface area (TPSA) is 128 Å². The van der Waals surface area contributed by atoms with E-state index in [2.05, 4.69) is 39.3 Å². The maximum Gasteiger partial charge on any atom is 0.252 e. The number of benzene rings is 1. The molecule has 11 nitrogen and oxygen atoms in total. The normalized spacial score (nSPS) is 18.4. The van der Waals surface area contributed by atoms with Gasteiger partial charge in [-0.05, 0) is 47.7 Å². The summed E-state index contributed by atoms with van der Waals surface area (Å²) in [6, 6.07) is 5.48. The molecule has 3 aromatic rings. The highest BCUT2D eigenvalue weighted by molar-refractivity contribution is 5.83. The van der Waals surface area contributed by atoms with Gasteiger partial charge in [-0.2, -0.15) is 0 Å². The number of hydrogen-bond donors (Lipinski definition) is 2. The first-order chi connectivity index (χ1) is 17.5. The number of aliphatic hydroxyl groups is 1. The fourth-order valence-electron chi connectivity index (χ4n) is 5.13. The third kappa shape index (κ3) is 5.23. The summed E-state index contributed by atoms with van der Waals surface area (Å²) in [7, 11) is 0. The van der Waals surface area contributed by atoms with Crippen LogP contribution in [-0.2, 0) is 17.8 Å². The van der Waals surface area contributed by atoms with Crippen molar-refractivity contribution in [1.29, 1.82) is 0 Å². The Morgan fingerprint density at radius 1 is 1.19 bits per heavy atom. The second-order valence-corrected chi connectivity index (χ2v) is 9.80. The molecule has 2 aliphatic heterocycles. The third-order valence-corrected chi connectivity index (χ3v) is 6.81. The summed E-state index contributed by atoms with van der Waals surface area (Å²) in [4.78, 5) is 18.3. The maximum absolute atomic E-state index is 13.1. The predicted octanol–water partition coefficient (Wildman–Crippen LogP) is 2.05. The molecule has 0 bridgehead atoms. The number of aliphatic hydroxyl groups excluding tert-OH is 1. The fourth-order valence-corrected chi connectivity index (χ4v) is 5.13. The lowest BCUT2D eigenvalue weighted by Crippen LogP contribution is -2.37. The van der Waals surface area contributed by atoms with Crippen molar-refractivity contribution in [2.75, 3.05) is 33.0 Å². The number of ether oxygens (including phenoxy) is 3. The second-order valence-electron chi connectivity index (χ2n) is 9.80. The molecular formula is C25H34N6O5. The number of fused-ring (bicyclic) bond motifs is 2. The number of tetrazole rings is 1. The number of pyridine rings is 1. The molecule has 2 atom stereocenters. The molecule has 1 fully saturated rings. The van der Waals surface area contributed by atoms with Gasteiger partial charge >= 0.3 is 0 Å². The highest BCUT2D eigenvalue weighted by Crippen LogP contribution is 2.34. The van der Waals surface area contributed by atoms with E-state index in [1.165, 1.54) is 0 Å². The molecule has 0 saturated carbocycles. The van der Waals surface area contributed by atoms with E-state index in [4.69, 9.17) is 14.2 Å². The summed E-state index contributed by atoms with van der Waals surface area (Å²) in [5.74, 6) is 2.22. The summed E-state index contributed by atoms with van der Waals surface area (Å²) in [6.07, 6.45) is 2.71. The van der Waals surface area contributed by atoms with Gasteiger partial charge in [0.1, 0.15) is 13.2 Å². The van der Waals surface area contributed by atoms with Crippen LogP contribution in [0.15, 0.2) is 23.0 Å². The van der Waals surface area contributed by atoms with Gasteiger partial charge in [-0.3, -0.25) is 9.69 Å². The van der Waals surface area contributed by atoms with Crippen LogP contribution in [0.4, 0.5) is 0 Å². The highest BCUT2D eigenvalue weighted by atomic mass is 16.6. The van der Waals surface area contributed by atoms with Gasteiger partial charge < -0.3 is 24.3 Å². The van der Waals surface area contributed by atoms with E-state index in [0.29, 0.717) is 61.8 Å². The number of nitrogens with one attached hydrogen (secondary N) is 1. The van der Waals surface area contributed by atoms with Crippen LogP contribution in [0.1, 0.15) is 50.5 Å². The number of aromatic amines is 1. The Morgan fingerprint density at radius 3 is 2.72 bits per heavy atom. The van der Waals surface area contributed by atoms with Crippen LogP contribution in [-0.4, -0.2) is 74.3 Å². The van der Waals surface area contributed by atoms with Crippen LogP contribution in [0.25, 0.3) is 10.9 Å². The molecule has 4 heterocycles. The van der Waals surface area contributed by atoms with Gasteiger partial charge in [0, 0.05) is 43.3 Å². The Morgan fingerprint density at radius 2 is 2.00 bits per heavy atom. The van der Waals surface area contributed by atoms with Gasteiger partial charge in [0.25, 0.3) is 5.56 Å². The molecular weight excluding hydrogens is 464 g/mol. The zero-order valence-electron chi connectivity index (χ0n) is 20.9. The first-order valence-corrected chi connectivity index (χ1v) is 12.7. The summed E-state index contributed by atoms with van der Waals surface area (Å²) in [5.41, 5.74) is 1.17. The molecule has 0 aliphatic carbocycles. The third-order valence-electron chi connectivity index (χ3n) is 6.81. The molecule has 36 heavy (non-hydrogen) atoms. The van der Waals surface area contributed by atoms with Crippen molar-refractivity contribution in [3.63, 3.8) is 0 Å². The summed E-state index contributed by atoms with van der Waals surface area (Å²) in [6.45, 7) is 7.63. The molecule has 2 aliphatic rings. The van der Waals surface area contributed by atoms with Gasteiger partial charge in [-0.15, -0.1) is 5.10 Å². The Bertz CT molecular complexity index is 1240. The number of aromatic nitrogens is 5. The molecule has 11 heteroatoms. The molecule has 0 radical (unpaired) electrons. The van der Waals surface area contributed by atoms with Crippen LogP contribution in [0.5, 0.6) is 11.5 Å². The molecule has 1 saturated heterocycles. The zero-order valence-corrected chi connectivity index (χ0v) is 20.9. The molecule has 0 amide bonds. The summed E-state index contributed by atoms with van der Waals surface area (Å²) < 4.78 is 19.0. The van der Waals surface area contributed by atoms with E-state index < -0.39 is 0 Å². The van der Waals surface area contributed by atoms with Crippen LogP contribution in [0.3, 0.4) is 0 Å². The lowest BCUT2D eigenvalue weighted by atomic mass is 10.00. The van der Waals surface area contributed by atoms with Crippen molar-refractivity contribution in [3.8, 4) is 11.5 Å². The molecule has 1 aromatic carbocycles. The van der Waals surface area contributed by atoms with Gasteiger partial charge in [0.05, 0.1) is 24.2 Å². The van der Waals surface area contributed by atoms with E-state index in [1.807, 2.05) is 22.9 Å². The van der Waals surface area contributed by atoms with E-state index >= 15 is 0 Å². The van der Waals surface area contributed by atoms with Crippen LogP contribution in [0.2, 0.25) is 0 Å². The molecule has 0 unspecified atom stereocenters. The first-order valence-electron chi connectivity index (χ1n) is 12.7. The maximum atomic E-state index is 13.1. The van der Waals surface area contributed by atoms with Crippen LogP contribution < -0.4 is 15.0 Å². The zero-order chi connectivity index (χ0) is 25.1. The van der Waals surface area contributed by atoms with Crippen molar-refractivity contribution in [3.05, 3.63) is 39.9 Å². The molecule has 5 rings (SSSR count). The van der Waals surface area contributed by atoms with Crippen molar-refractivity contribution >= 4 is 10.9 Å². The van der Waals surface area contributed by atoms with E-state index in [9.17, 15) is 9.90 Å². The predicted molar refractivity (Wildman–Crippen MR) is 132 cm³/mol. The molecule has 2 aromatic heterocycles. The van der Waals surface area contributed by atoms with Crippen molar-refractivity contribution < 1.29 is 19.3 Å². The van der Waals surface area contributed by atoms with Crippen molar-refractivity contribution in [2.24, 2.45) is 5.92 Å². The number of H-pyrrole nitrogens is 1.